The number of likely N-dealkylation sites (tertiary alicyclic amines) is 1. The molecule has 1 aromatic heterocycles. The van der Waals surface area contributed by atoms with Crippen molar-refractivity contribution in [1.82, 2.24) is 9.88 Å². The fraction of sp³-hybridized carbons (Fsp3) is 0.786. The van der Waals surface area contributed by atoms with E-state index in [1.165, 1.54) is 36.5 Å². The quantitative estimate of drug-likeness (QED) is 0.898. The van der Waals surface area contributed by atoms with E-state index in [0.29, 0.717) is 12.6 Å². The third-order valence-electron chi connectivity index (χ3n) is 3.98. The number of rotatable bonds is 5. The zero-order valence-electron chi connectivity index (χ0n) is 12.4. The van der Waals surface area contributed by atoms with Gasteiger partial charge in [-0.25, -0.2) is 4.98 Å². The second kappa shape index (κ2) is 6.68. The summed E-state index contributed by atoms with van der Waals surface area (Å²) in [6.07, 6.45) is 4.64. The zero-order chi connectivity index (χ0) is 13.8. The van der Waals surface area contributed by atoms with E-state index < -0.39 is 0 Å². The standard InChI is InChI=1S/C14H26N4S/c1-4-5-12-13(10-15)19-14(16-12)18(3)11-6-8-17(2)9-7-11/h11H,4-10,15H2,1-3H3. The number of nitrogens with zero attached hydrogens (tertiary/aromatic N) is 3. The Morgan fingerprint density at radius 2 is 2.11 bits per heavy atom. The molecule has 4 nitrogen and oxygen atoms in total. The summed E-state index contributed by atoms with van der Waals surface area (Å²) in [7, 11) is 4.39. The summed E-state index contributed by atoms with van der Waals surface area (Å²) in [5.41, 5.74) is 7.05. The molecule has 5 heteroatoms. The van der Waals surface area contributed by atoms with Gasteiger partial charge in [-0.05, 0) is 39.4 Å². The number of hydrogen-bond donors (Lipinski definition) is 1. The number of anilines is 1. The fourth-order valence-electron chi connectivity index (χ4n) is 2.65. The highest BCUT2D eigenvalue weighted by atomic mass is 32.1. The maximum atomic E-state index is 5.84. The molecule has 0 saturated carbocycles. The van der Waals surface area contributed by atoms with E-state index in [2.05, 4.69) is 30.8 Å². The van der Waals surface area contributed by atoms with Gasteiger partial charge in [0.15, 0.2) is 5.13 Å². The first kappa shape index (κ1) is 14.8. The Morgan fingerprint density at radius 1 is 1.42 bits per heavy atom. The molecule has 108 valence electrons. The van der Waals surface area contributed by atoms with Crippen LogP contribution >= 0.6 is 11.3 Å². The molecule has 2 heterocycles. The van der Waals surface area contributed by atoms with Crippen LogP contribution in [0.4, 0.5) is 5.13 Å². The summed E-state index contributed by atoms with van der Waals surface area (Å²) < 4.78 is 0. The average Bonchev–Trinajstić information content (AvgIpc) is 2.82. The molecule has 0 bridgehead atoms. The van der Waals surface area contributed by atoms with Gasteiger partial charge in [-0.2, -0.15) is 0 Å². The Kier molecular flexibility index (Phi) is 5.19. The maximum Gasteiger partial charge on any atom is 0.185 e. The van der Waals surface area contributed by atoms with Crippen molar-refractivity contribution in [2.24, 2.45) is 5.73 Å². The third kappa shape index (κ3) is 3.46. The minimum atomic E-state index is 0.619. The average molecular weight is 282 g/mol. The Morgan fingerprint density at radius 3 is 2.68 bits per heavy atom. The van der Waals surface area contributed by atoms with Gasteiger partial charge < -0.3 is 15.5 Å². The maximum absolute atomic E-state index is 5.84. The van der Waals surface area contributed by atoms with E-state index in [-0.39, 0.29) is 0 Å². The van der Waals surface area contributed by atoms with Crippen molar-refractivity contribution >= 4 is 16.5 Å². The van der Waals surface area contributed by atoms with Gasteiger partial charge in [0.1, 0.15) is 0 Å². The highest BCUT2D eigenvalue weighted by Crippen LogP contribution is 2.29. The Labute approximate surface area is 120 Å². The van der Waals surface area contributed by atoms with Gasteiger partial charge in [-0.15, -0.1) is 11.3 Å². The molecule has 1 saturated heterocycles. The lowest BCUT2D eigenvalue weighted by Crippen LogP contribution is -2.41. The number of aryl methyl sites for hydroxylation is 1. The predicted octanol–water partition coefficient (Wildman–Crippen LogP) is 2.08. The Balaban J connectivity index is 2.08. The van der Waals surface area contributed by atoms with E-state index in [4.69, 9.17) is 10.7 Å². The highest BCUT2D eigenvalue weighted by Gasteiger charge is 2.23. The van der Waals surface area contributed by atoms with Crippen LogP contribution in [0, 0.1) is 0 Å². The van der Waals surface area contributed by atoms with Crippen molar-refractivity contribution < 1.29 is 0 Å². The number of piperidine rings is 1. The van der Waals surface area contributed by atoms with Crippen molar-refractivity contribution in [2.75, 3.05) is 32.1 Å². The summed E-state index contributed by atoms with van der Waals surface area (Å²) in [6.45, 7) is 5.19. The third-order valence-corrected chi connectivity index (χ3v) is 5.19. The first-order chi connectivity index (χ1) is 9.15. The lowest BCUT2D eigenvalue weighted by atomic mass is 10.0. The molecule has 0 aliphatic carbocycles. The van der Waals surface area contributed by atoms with Gasteiger partial charge in [-0.1, -0.05) is 13.3 Å². The van der Waals surface area contributed by atoms with Crippen LogP contribution in [0.1, 0.15) is 36.8 Å². The fourth-order valence-corrected chi connectivity index (χ4v) is 3.67. The van der Waals surface area contributed by atoms with Crippen LogP contribution in [-0.4, -0.2) is 43.1 Å². The lowest BCUT2D eigenvalue weighted by Gasteiger charge is -2.34. The molecule has 0 atom stereocenters. The molecule has 2 N–H and O–H groups in total. The van der Waals surface area contributed by atoms with Crippen LogP contribution in [0.25, 0.3) is 0 Å². The van der Waals surface area contributed by atoms with Crippen LogP contribution in [0.3, 0.4) is 0 Å². The second-order valence-corrected chi connectivity index (χ2v) is 6.53. The zero-order valence-corrected chi connectivity index (χ0v) is 13.2. The lowest BCUT2D eigenvalue weighted by molar-refractivity contribution is 0.253. The summed E-state index contributed by atoms with van der Waals surface area (Å²) in [5, 5.41) is 1.15. The van der Waals surface area contributed by atoms with Crippen LogP contribution in [0.2, 0.25) is 0 Å². The van der Waals surface area contributed by atoms with E-state index in [1.807, 2.05) is 0 Å². The molecule has 0 aromatic carbocycles. The summed E-state index contributed by atoms with van der Waals surface area (Å²) in [4.78, 5) is 10.9. The molecule has 1 aromatic rings. The second-order valence-electron chi connectivity index (χ2n) is 5.47. The summed E-state index contributed by atoms with van der Waals surface area (Å²) in [5.74, 6) is 0. The van der Waals surface area contributed by atoms with E-state index in [0.717, 1.165) is 18.0 Å². The number of hydrogen-bond acceptors (Lipinski definition) is 5. The van der Waals surface area contributed by atoms with Crippen molar-refractivity contribution in [3.8, 4) is 0 Å². The number of nitrogens with two attached hydrogens (primary N) is 1. The molecular formula is C14H26N4S. The van der Waals surface area contributed by atoms with E-state index in [1.54, 1.807) is 11.3 Å². The van der Waals surface area contributed by atoms with Crippen LogP contribution in [0.15, 0.2) is 0 Å². The number of aromatic nitrogens is 1. The number of thiazole rings is 1. The summed E-state index contributed by atoms with van der Waals surface area (Å²) in [6, 6.07) is 0.627. The Bertz CT molecular complexity index is 396. The molecule has 0 amide bonds. The first-order valence-corrected chi connectivity index (χ1v) is 8.07. The highest BCUT2D eigenvalue weighted by molar-refractivity contribution is 7.15. The first-order valence-electron chi connectivity index (χ1n) is 7.25. The molecule has 1 fully saturated rings. The summed E-state index contributed by atoms with van der Waals surface area (Å²) >= 11 is 1.78. The van der Waals surface area contributed by atoms with Crippen LogP contribution < -0.4 is 10.6 Å². The monoisotopic (exact) mass is 282 g/mol. The molecule has 0 unspecified atom stereocenters. The minimum absolute atomic E-state index is 0.619. The predicted molar refractivity (Wildman–Crippen MR) is 82.9 cm³/mol. The molecule has 1 aliphatic heterocycles. The largest absolute Gasteiger partial charge is 0.348 e. The van der Waals surface area contributed by atoms with Crippen molar-refractivity contribution in [2.45, 2.75) is 45.2 Å². The van der Waals surface area contributed by atoms with Crippen LogP contribution in [0.5, 0.6) is 0 Å². The van der Waals surface area contributed by atoms with Gasteiger partial charge in [0.25, 0.3) is 0 Å². The van der Waals surface area contributed by atoms with E-state index >= 15 is 0 Å². The molecule has 0 spiro atoms. The van der Waals surface area contributed by atoms with Gasteiger partial charge in [0.05, 0.1) is 5.69 Å². The van der Waals surface area contributed by atoms with Crippen molar-refractivity contribution in [3.63, 3.8) is 0 Å². The SMILES string of the molecule is CCCc1nc(N(C)C2CCN(C)CC2)sc1CN. The molecule has 19 heavy (non-hydrogen) atoms. The molecule has 2 rings (SSSR count). The molecule has 1 aliphatic rings. The molecule has 0 radical (unpaired) electrons. The van der Waals surface area contributed by atoms with E-state index in [9.17, 15) is 0 Å². The van der Waals surface area contributed by atoms with Crippen molar-refractivity contribution in [3.05, 3.63) is 10.6 Å². The van der Waals surface area contributed by atoms with Crippen molar-refractivity contribution in [1.29, 1.82) is 0 Å². The normalized spacial score (nSPS) is 17.9. The van der Waals surface area contributed by atoms with Gasteiger partial charge in [0, 0.05) is 24.5 Å². The smallest absolute Gasteiger partial charge is 0.185 e. The topological polar surface area (TPSA) is 45.4 Å². The minimum Gasteiger partial charge on any atom is -0.348 e. The van der Waals surface area contributed by atoms with Gasteiger partial charge in [-0.3, -0.25) is 0 Å². The van der Waals surface area contributed by atoms with Crippen LogP contribution in [-0.2, 0) is 13.0 Å². The van der Waals surface area contributed by atoms with Gasteiger partial charge >= 0.3 is 0 Å². The molecular weight excluding hydrogens is 256 g/mol. The Hall–Kier alpha value is -0.650. The van der Waals surface area contributed by atoms with Gasteiger partial charge in [0.2, 0.25) is 0 Å².